The van der Waals surface area contributed by atoms with Crippen molar-refractivity contribution in [1.82, 2.24) is 4.98 Å². The SMILES string of the molecule is CC1(C)c2ccccc2-c2ccc(N(c3ccc(-c4ccc5c(c4)-c4ccccc4C54C5CC6CC(C5)CC4C6)cc3)c3ccc4ccccc4c3)cc21.c1ccc(-c2cccc(N(c3cccnc3)c3cccc4c(-c5ccc6c(c5)-c5ccccc5C65C6CC7CC(C6)CC5C7)cccc34)c2)cc1. The Kier molecular flexibility index (Phi) is 13.8. The standard InChI is InChI=1S/C53H45N.C49H40N2/c1-52(2)48-13-7-5-11-44(48)46-23-22-43(32-51(46)52)54(42-21-17-35-9-3-4-10-37(35)30-42)41-19-15-36(16-20-41)38-18-24-50-47(31-38)45-12-6-8-14-49(45)53(50)39-26-33-25-34(28-39)29-40(53)27-33;1-2-10-34(11-3-1)35-12-6-13-39(29-35)51(40-14-9-23-50-31-40)48-20-8-17-42-41(16-7-18-44(42)48)36-21-22-47-45(30-36)43-15-4-5-19-46(43)49(47)37-25-32-24-33(27-37)28-38(49)26-32/h3-24,30-34,39-40H,25-29H2,1-2H3;1-23,29-33,37-38H,24-28H2. The lowest BCUT2D eigenvalue weighted by atomic mass is 9.43. The fourth-order valence-electron chi connectivity index (χ4n) is 24.2. The molecule has 11 aliphatic rings. The van der Waals surface area contributed by atoms with Crippen LogP contribution in [0.15, 0.2) is 310 Å². The number of hydrogen-bond donors (Lipinski definition) is 0. The van der Waals surface area contributed by atoms with Gasteiger partial charge in [-0.05, 0) is 307 Å². The smallest absolute Gasteiger partial charge is 0.0645 e. The number of aromatic nitrogens is 1. The molecule has 8 saturated carbocycles. The van der Waals surface area contributed by atoms with E-state index >= 15 is 0 Å². The van der Waals surface area contributed by atoms with Gasteiger partial charge in [0.2, 0.25) is 0 Å². The maximum atomic E-state index is 4.56. The van der Waals surface area contributed by atoms with E-state index in [4.69, 9.17) is 0 Å². The Hall–Kier alpha value is -10.9. The van der Waals surface area contributed by atoms with Crippen molar-refractivity contribution < 1.29 is 0 Å². The second-order valence-corrected chi connectivity index (χ2v) is 33.4. The lowest BCUT2D eigenvalue weighted by Gasteiger charge is -2.61. The van der Waals surface area contributed by atoms with Crippen LogP contribution in [0, 0.1) is 47.3 Å². The lowest BCUT2D eigenvalue weighted by Crippen LogP contribution is -2.55. The summed E-state index contributed by atoms with van der Waals surface area (Å²) in [7, 11) is 0. The van der Waals surface area contributed by atoms with E-state index in [0.717, 1.165) is 64.4 Å². The molecule has 2 spiro atoms. The third-order valence-electron chi connectivity index (χ3n) is 28.0. The molecule has 0 saturated heterocycles. The van der Waals surface area contributed by atoms with Crippen molar-refractivity contribution >= 4 is 55.7 Å². The summed E-state index contributed by atoms with van der Waals surface area (Å²) >= 11 is 0. The zero-order valence-electron chi connectivity index (χ0n) is 60.0. The van der Waals surface area contributed by atoms with Crippen LogP contribution < -0.4 is 9.80 Å². The highest BCUT2D eigenvalue weighted by atomic mass is 15.2. The molecular weight excluding hydrogens is 1270 g/mol. The average Bonchev–Trinajstić information content (AvgIpc) is 1.55. The first-order chi connectivity index (χ1) is 51.7. The molecule has 14 aromatic rings. The third kappa shape index (κ3) is 9.25. The van der Waals surface area contributed by atoms with E-state index in [-0.39, 0.29) is 16.2 Å². The van der Waals surface area contributed by atoms with Crippen LogP contribution in [0.25, 0.3) is 88.3 Å². The molecule has 25 rings (SSSR count). The molecule has 0 amide bonds. The van der Waals surface area contributed by atoms with Crippen LogP contribution >= 0.6 is 0 Å². The monoisotopic (exact) mass is 1350 g/mol. The molecule has 8 bridgehead atoms. The summed E-state index contributed by atoms with van der Waals surface area (Å²) in [6.07, 6.45) is 18.1. The highest BCUT2D eigenvalue weighted by Gasteiger charge is 2.63. The number of rotatable bonds is 9. The van der Waals surface area contributed by atoms with Crippen LogP contribution in [0.2, 0.25) is 0 Å². The molecule has 508 valence electrons. The van der Waals surface area contributed by atoms with Gasteiger partial charge in [0, 0.05) is 50.6 Å². The van der Waals surface area contributed by atoms with Crippen molar-refractivity contribution in [3.8, 4) is 66.8 Å². The summed E-state index contributed by atoms with van der Waals surface area (Å²) in [6.45, 7) is 4.74. The van der Waals surface area contributed by atoms with Gasteiger partial charge in [-0.3, -0.25) is 4.98 Å². The van der Waals surface area contributed by atoms with Gasteiger partial charge in [0.25, 0.3) is 0 Å². The van der Waals surface area contributed by atoms with E-state index in [1.54, 1.807) is 22.3 Å². The number of hydrogen-bond acceptors (Lipinski definition) is 3. The Balaban J connectivity index is 0.000000132. The summed E-state index contributed by atoms with van der Waals surface area (Å²) in [5.41, 5.74) is 32.6. The first-order valence-corrected chi connectivity index (χ1v) is 39.2. The highest BCUT2D eigenvalue weighted by Crippen LogP contribution is 2.71. The van der Waals surface area contributed by atoms with E-state index in [2.05, 4.69) is 320 Å². The average molecular weight is 1350 g/mol. The van der Waals surface area contributed by atoms with Crippen LogP contribution in [-0.2, 0) is 16.2 Å². The number of anilines is 6. The molecular formula is C102H85N3. The van der Waals surface area contributed by atoms with Crippen LogP contribution in [0.4, 0.5) is 34.1 Å². The number of fused-ring (bicyclic) bond motifs is 11. The van der Waals surface area contributed by atoms with Crippen LogP contribution in [0.3, 0.4) is 0 Å². The maximum absolute atomic E-state index is 4.56. The van der Waals surface area contributed by atoms with Gasteiger partial charge < -0.3 is 9.80 Å². The Morgan fingerprint density at radius 3 is 1.38 bits per heavy atom. The fraction of sp³-hybridized carbons (Fsp3) is 0.225. The molecule has 3 nitrogen and oxygen atoms in total. The van der Waals surface area contributed by atoms with Crippen molar-refractivity contribution in [3.63, 3.8) is 0 Å². The van der Waals surface area contributed by atoms with E-state index < -0.39 is 0 Å². The summed E-state index contributed by atoms with van der Waals surface area (Å²) in [5, 5.41) is 5.00. The minimum Gasteiger partial charge on any atom is -0.310 e. The number of benzene rings is 13. The van der Waals surface area contributed by atoms with Gasteiger partial charge in [-0.1, -0.05) is 232 Å². The summed E-state index contributed by atoms with van der Waals surface area (Å²) < 4.78 is 0. The zero-order valence-corrected chi connectivity index (χ0v) is 60.0. The highest BCUT2D eigenvalue weighted by molar-refractivity contribution is 6.06. The normalized spacial score (nSPS) is 24.2. The zero-order chi connectivity index (χ0) is 69.3. The molecule has 0 aliphatic heterocycles. The summed E-state index contributed by atoms with van der Waals surface area (Å²) in [4.78, 5) is 9.37. The number of pyridine rings is 1. The Labute approximate surface area is 618 Å². The minimum absolute atomic E-state index is 0.0672. The fourth-order valence-corrected chi connectivity index (χ4v) is 24.2. The van der Waals surface area contributed by atoms with Crippen LogP contribution in [0.1, 0.15) is 111 Å². The van der Waals surface area contributed by atoms with Gasteiger partial charge in [0.1, 0.15) is 0 Å². The molecule has 13 aromatic carbocycles. The summed E-state index contributed by atoms with van der Waals surface area (Å²) in [6, 6.07) is 112. The molecule has 0 unspecified atom stereocenters. The van der Waals surface area contributed by atoms with Crippen LogP contribution in [-0.4, -0.2) is 4.98 Å². The van der Waals surface area contributed by atoms with E-state index in [9.17, 15) is 0 Å². The molecule has 8 fully saturated rings. The molecule has 11 aliphatic carbocycles. The van der Waals surface area contributed by atoms with E-state index in [1.807, 2.05) is 18.5 Å². The lowest BCUT2D eigenvalue weighted by molar-refractivity contribution is -0.0399. The van der Waals surface area contributed by atoms with E-state index in [1.165, 1.54) is 181 Å². The van der Waals surface area contributed by atoms with Gasteiger partial charge >= 0.3 is 0 Å². The second kappa shape index (κ2) is 23.6. The van der Waals surface area contributed by atoms with Crippen molar-refractivity contribution in [2.45, 2.75) is 94.3 Å². The molecule has 0 atom stereocenters. The number of nitrogens with zero attached hydrogens (tertiary/aromatic N) is 3. The van der Waals surface area contributed by atoms with Crippen molar-refractivity contribution in [1.29, 1.82) is 0 Å². The third-order valence-corrected chi connectivity index (χ3v) is 28.0. The first kappa shape index (κ1) is 61.6. The molecule has 0 radical (unpaired) electrons. The molecule has 1 aromatic heterocycles. The first-order valence-electron chi connectivity index (χ1n) is 39.2. The van der Waals surface area contributed by atoms with Gasteiger partial charge in [-0.2, -0.15) is 0 Å². The minimum atomic E-state index is -0.0672. The molecule has 3 heteroatoms. The Bertz CT molecular complexity index is 5760. The van der Waals surface area contributed by atoms with Crippen molar-refractivity contribution in [2.24, 2.45) is 47.3 Å². The predicted molar refractivity (Wildman–Crippen MR) is 435 cm³/mol. The predicted octanol–water partition coefficient (Wildman–Crippen LogP) is 26.8. The molecule has 0 N–H and O–H groups in total. The maximum Gasteiger partial charge on any atom is 0.0645 e. The van der Waals surface area contributed by atoms with Crippen molar-refractivity contribution in [2.75, 3.05) is 9.80 Å². The molecule has 105 heavy (non-hydrogen) atoms. The van der Waals surface area contributed by atoms with Crippen molar-refractivity contribution in [3.05, 3.63) is 343 Å². The van der Waals surface area contributed by atoms with Gasteiger partial charge in [-0.15, -0.1) is 0 Å². The Morgan fingerprint density at radius 1 is 0.267 bits per heavy atom. The topological polar surface area (TPSA) is 19.4 Å². The van der Waals surface area contributed by atoms with Gasteiger partial charge in [-0.25, -0.2) is 0 Å². The van der Waals surface area contributed by atoms with Crippen LogP contribution in [0.5, 0.6) is 0 Å². The largest absolute Gasteiger partial charge is 0.310 e. The second-order valence-electron chi connectivity index (χ2n) is 33.4. The Morgan fingerprint density at radius 2 is 0.724 bits per heavy atom. The molecule has 1 heterocycles. The quantitative estimate of drug-likeness (QED) is 0.144. The summed E-state index contributed by atoms with van der Waals surface area (Å²) in [5.74, 6) is 6.96. The van der Waals surface area contributed by atoms with Gasteiger partial charge in [0.15, 0.2) is 0 Å². The van der Waals surface area contributed by atoms with E-state index in [0.29, 0.717) is 0 Å². The van der Waals surface area contributed by atoms with Gasteiger partial charge in [0.05, 0.1) is 17.6 Å².